The van der Waals surface area contributed by atoms with Crippen LogP contribution >= 0.6 is 0 Å². The number of carbonyl (C=O) groups excluding carboxylic acids is 1. The summed E-state index contributed by atoms with van der Waals surface area (Å²) in [5.41, 5.74) is 2.82. The minimum Gasteiger partial charge on any atom is -0.321 e. The molecule has 0 saturated carbocycles. The topological polar surface area (TPSA) is 83.6 Å². The van der Waals surface area contributed by atoms with E-state index in [0.717, 1.165) is 11.3 Å². The number of H-pyrrole nitrogens is 1. The fourth-order valence-electron chi connectivity index (χ4n) is 1.76. The second-order valence-electron chi connectivity index (χ2n) is 4.10. The molecule has 0 saturated heterocycles. The van der Waals surface area contributed by atoms with E-state index in [2.05, 4.69) is 25.7 Å². The lowest BCUT2D eigenvalue weighted by atomic mass is 10.1. The van der Waals surface area contributed by atoms with Gasteiger partial charge in [-0.1, -0.05) is 18.2 Å². The molecule has 2 aromatic heterocycles. The van der Waals surface area contributed by atoms with Crippen LogP contribution in [-0.2, 0) is 0 Å². The van der Waals surface area contributed by atoms with Crippen molar-refractivity contribution in [3.05, 3.63) is 60.6 Å². The highest BCUT2D eigenvalue weighted by Gasteiger charge is 2.08. The van der Waals surface area contributed by atoms with Gasteiger partial charge in [0.2, 0.25) is 0 Å². The van der Waals surface area contributed by atoms with Crippen molar-refractivity contribution in [1.29, 1.82) is 0 Å². The van der Waals surface area contributed by atoms with Gasteiger partial charge in [0, 0.05) is 17.4 Å². The SMILES string of the molecule is O=C(Nc1ccc(-c2ccccn2)cc1)c1cn[nH]n1. The molecule has 1 amide bonds. The lowest BCUT2D eigenvalue weighted by Gasteiger charge is -2.04. The number of hydrogen-bond acceptors (Lipinski definition) is 4. The zero-order chi connectivity index (χ0) is 13.8. The van der Waals surface area contributed by atoms with E-state index in [1.165, 1.54) is 6.20 Å². The molecule has 1 aromatic carbocycles. The third kappa shape index (κ3) is 2.54. The summed E-state index contributed by atoms with van der Waals surface area (Å²) in [6.45, 7) is 0. The van der Waals surface area contributed by atoms with E-state index in [-0.39, 0.29) is 11.6 Å². The number of nitrogens with one attached hydrogen (secondary N) is 2. The van der Waals surface area contributed by atoms with Crippen LogP contribution in [0.25, 0.3) is 11.3 Å². The van der Waals surface area contributed by atoms with E-state index >= 15 is 0 Å². The molecule has 0 aliphatic rings. The predicted octanol–water partition coefficient (Wildman–Crippen LogP) is 2.12. The zero-order valence-corrected chi connectivity index (χ0v) is 10.4. The average molecular weight is 265 g/mol. The van der Waals surface area contributed by atoms with Crippen LogP contribution in [0.1, 0.15) is 10.5 Å². The molecule has 2 heterocycles. The highest BCUT2D eigenvalue weighted by atomic mass is 16.2. The summed E-state index contributed by atoms with van der Waals surface area (Å²) >= 11 is 0. The molecule has 98 valence electrons. The number of carbonyl (C=O) groups is 1. The molecule has 3 rings (SSSR count). The van der Waals surface area contributed by atoms with Crippen LogP contribution in [0.15, 0.2) is 54.9 Å². The van der Waals surface area contributed by atoms with Gasteiger partial charge >= 0.3 is 0 Å². The van der Waals surface area contributed by atoms with Crippen molar-refractivity contribution >= 4 is 11.6 Å². The number of pyridine rings is 1. The van der Waals surface area contributed by atoms with E-state index in [1.54, 1.807) is 6.20 Å². The first kappa shape index (κ1) is 12.0. The van der Waals surface area contributed by atoms with Gasteiger partial charge in [-0.05, 0) is 24.3 Å². The second kappa shape index (κ2) is 5.31. The number of amides is 1. The molecule has 6 nitrogen and oxygen atoms in total. The Labute approximate surface area is 114 Å². The summed E-state index contributed by atoms with van der Waals surface area (Å²) in [6, 6.07) is 13.2. The van der Waals surface area contributed by atoms with Gasteiger partial charge in [0.25, 0.3) is 5.91 Å². The summed E-state index contributed by atoms with van der Waals surface area (Å²) in [6.07, 6.45) is 3.12. The molecule has 6 heteroatoms. The normalized spacial score (nSPS) is 10.2. The van der Waals surface area contributed by atoms with Gasteiger partial charge in [0.05, 0.1) is 11.9 Å². The summed E-state index contributed by atoms with van der Waals surface area (Å²) in [4.78, 5) is 16.1. The molecule has 2 N–H and O–H groups in total. The summed E-state index contributed by atoms with van der Waals surface area (Å²) < 4.78 is 0. The van der Waals surface area contributed by atoms with Crippen LogP contribution < -0.4 is 5.32 Å². The van der Waals surface area contributed by atoms with Crippen LogP contribution in [0.4, 0.5) is 5.69 Å². The van der Waals surface area contributed by atoms with Gasteiger partial charge < -0.3 is 5.32 Å². The van der Waals surface area contributed by atoms with Crippen molar-refractivity contribution in [3.63, 3.8) is 0 Å². The molecule has 0 atom stereocenters. The Kier molecular flexibility index (Phi) is 3.20. The van der Waals surface area contributed by atoms with E-state index < -0.39 is 0 Å². The molecule has 20 heavy (non-hydrogen) atoms. The Balaban J connectivity index is 1.75. The third-order valence-electron chi connectivity index (χ3n) is 2.75. The Morgan fingerprint density at radius 1 is 1.10 bits per heavy atom. The van der Waals surface area contributed by atoms with E-state index in [9.17, 15) is 4.79 Å². The minimum atomic E-state index is -0.302. The number of benzene rings is 1. The van der Waals surface area contributed by atoms with Crippen LogP contribution in [-0.4, -0.2) is 26.3 Å². The largest absolute Gasteiger partial charge is 0.321 e. The molecule has 0 aliphatic heterocycles. The number of rotatable bonds is 3. The first-order valence-electron chi connectivity index (χ1n) is 6.01. The van der Waals surface area contributed by atoms with Crippen LogP contribution in [0.3, 0.4) is 0 Å². The maximum absolute atomic E-state index is 11.8. The molecule has 3 aromatic rings. The van der Waals surface area contributed by atoms with Crippen molar-refractivity contribution in [3.8, 4) is 11.3 Å². The molecule has 0 aliphatic carbocycles. The lowest BCUT2D eigenvalue weighted by Crippen LogP contribution is -2.12. The van der Waals surface area contributed by atoms with Crippen molar-refractivity contribution in [1.82, 2.24) is 20.4 Å². The second-order valence-corrected chi connectivity index (χ2v) is 4.10. The first-order chi connectivity index (χ1) is 9.83. The first-order valence-corrected chi connectivity index (χ1v) is 6.01. The Hall–Kier alpha value is -3.02. The van der Waals surface area contributed by atoms with Gasteiger partial charge in [-0.3, -0.25) is 9.78 Å². The van der Waals surface area contributed by atoms with Crippen LogP contribution in [0, 0.1) is 0 Å². The summed E-state index contributed by atoms with van der Waals surface area (Å²) in [5.74, 6) is -0.302. The van der Waals surface area contributed by atoms with E-state index in [1.807, 2.05) is 42.5 Å². The Bertz CT molecular complexity index is 692. The molecular weight excluding hydrogens is 254 g/mol. The van der Waals surface area contributed by atoms with Crippen LogP contribution in [0.2, 0.25) is 0 Å². The van der Waals surface area contributed by atoms with Crippen molar-refractivity contribution in [2.45, 2.75) is 0 Å². The summed E-state index contributed by atoms with van der Waals surface area (Å²) in [7, 11) is 0. The quantitative estimate of drug-likeness (QED) is 0.759. The molecule has 0 spiro atoms. The maximum Gasteiger partial charge on any atom is 0.277 e. The number of anilines is 1. The van der Waals surface area contributed by atoms with Gasteiger partial charge in [0.15, 0.2) is 5.69 Å². The molecule has 0 unspecified atom stereocenters. The zero-order valence-electron chi connectivity index (χ0n) is 10.4. The Morgan fingerprint density at radius 3 is 2.60 bits per heavy atom. The standard InChI is InChI=1S/C14H11N5O/c20-14(13-9-16-19-18-13)17-11-6-4-10(5-7-11)12-3-1-2-8-15-12/h1-9H,(H,17,20)(H,16,18,19). The van der Waals surface area contributed by atoms with Crippen molar-refractivity contribution in [2.75, 3.05) is 5.32 Å². The lowest BCUT2D eigenvalue weighted by molar-refractivity contribution is 0.102. The number of aromatic nitrogens is 4. The average Bonchev–Trinajstić information content (AvgIpc) is 3.03. The third-order valence-corrected chi connectivity index (χ3v) is 2.75. The van der Waals surface area contributed by atoms with Crippen LogP contribution in [0.5, 0.6) is 0 Å². The molecular formula is C14H11N5O. The highest BCUT2D eigenvalue weighted by molar-refractivity contribution is 6.02. The minimum absolute atomic E-state index is 0.249. The smallest absolute Gasteiger partial charge is 0.277 e. The summed E-state index contributed by atoms with van der Waals surface area (Å²) in [5, 5.41) is 12.5. The highest BCUT2D eigenvalue weighted by Crippen LogP contribution is 2.19. The maximum atomic E-state index is 11.8. The van der Waals surface area contributed by atoms with E-state index in [4.69, 9.17) is 0 Å². The predicted molar refractivity (Wildman–Crippen MR) is 74.0 cm³/mol. The molecule has 0 fully saturated rings. The number of hydrogen-bond donors (Lipinski definition) is 2. The van der Waals surface area contributed by atoms with Gasteiger partial charge in [-0.2, -0.15) is 15.4 Å². The van der Waals surface area contributed by atoms with Crippen molar-refractivity contribution < 1.29 is 4.79 Å². The monoisotopic (exact) mass is 265 g/mol. The molecule has 0 radical (unpaired) electrons. The number of aromatic amines is 1. The van der Waals surface area contributed by atoms with Gasteiger partial charge in [-0.25, -0.2) is 0 Å². The van der Waals surface area contributed by atoms with Gasteiger partial charge in [0.1, 0.15) is 0 Å². The fourth-order valence-corrected chi connectivity index (χ4v) is 1.76. The van der Waals surface area contributed by atoms with Gasteiger partial charge in [-0.15, -0.1) is 0 Å². The Morgan fingerprint density at radius 2 is 1.95 bits per heavy atom. The van der Waals surface area contributed by atoms with Crippen molar-refractivity contribution in [2.24, 2.45) is 0 Å². The fraction of sp³-hybridized carbons (Fsp3) is 0. The molecule has 0 bridgehead atoms. The van der Waals surface area contributed by atoms with E-state index in [0.29, 0.717) is 5.69 Å². The number of nitrogens with zero attached hydrogens (tertiary/aromatic N) is 3.